The van der Waals surface area contributed by atoms with Crippen molar-refractivity contribution in [2.24, 2.45) is 29.1 Å². The van der Waals surface area contributed by atoms with E-state index in [9.17, 15) is 15.0 Å². The summed E-state index contributed by atoms with van der Waals surface area (Å²) >= 11 is 0. The van der Waals surface area contributed by atoms with Crippen LogP contribution in [0.3, 0.4) is 0 Å². The molecule has 0 bridgehead atoms. The summed E-state index contributed by atoms with van der Waals surface area (Å²) in [6, 6.07) is 9.73. The number of nitrogens with one attached hydrogen (secondary N) is 1. The van der Waals surface area contributed by atoms with Crippen LogP contribution in [0.2, 0.25) is 0 Å². The number of benzene rings is 1. The maximum Gasteiger partial charge on any atom is 0.271 e. The van der Waals surface area contributed by atoms with E-state index < -0.39 is 0 Å². The lowest BCUT2D eigenvalue weighted by atomic mass is 9.52. The molecule has 7 rings (SSSR count). The van der Waals surface area contributed by atoms with Crippen LogP contribution in [0.25, 0.3) is 0 Å². The summed E-state index contributed by atoms with van der Waals surface area (Å²) < 4.78 is 0. The smallest absolute Gasteiger partial charge is 0.271 e. The molecule has 6 unspecified atom stereocenters. The zero-order valence-corrected chi connectivity index (χ0v) is 27.9. The van der Waals surface area contributed by atoms with E-state index in [1.54, 1.807) is 0 Å². The average molecular weight is 631 g/mol. The molecule has 3 aliphatic carbocycles. The van der Waals surface area contributed by atoms with Crippen molar-refractivity contribution in [1.82, 2.24) is 25.3 Å². The second-order valence-electron chi connectivity index (χ2n) is 15.5. The van der Waals surface area contributed by atoms with Crippen LogP contribution in [-0.4, -0.2) is 102 Å². The van der Waals surface area contributed by atoms with Gasteiger partial charge in [0.1, 0.15) is 5.75 Å². The van der Waals surface area contributed by atoms with Gasteiger partial charge in [-0.15, -0.1) is 10.2 Å². The summed E-state index contributed by atoms with van der Waals surface area (Å²) in [5, 5.41) is 33.1. The van der Waals surface area contributed by atoms with Crippen LogP contribution in [0.4, 0.5) is 5.82 Å². The van der Waals surface area contributed by atoms with Gasteiger partial charge in [0.25, 0.3) is 5.91 Å². The summed E-state index contributed by atoms with van der Waals surface area (Å²) in [6.07, 6.45) is 9.20. The molecule has 6 atom stereocenters. The van der Waals surface area contributed by atoms with Crippen LogP contribution in [0.1, 0.15) is 85.8 Å². The Bertz CT molecular complexity index is 1360. The minimum atomic E-state index is -0.203. The molecule has 2 saturated heterocycles. The van der Waals surface area contributed by atoms with Crippen LogP contribution in [0.15, 0.2) is 30.3 Å². The third-order valence-electron chi connectivity index (χ3n) is 12.8. The van der Waals surface area contributed by atoms with Gasteiger partial charge in [-0.3, -0.25) is 4.79 Å². The van der Waals surface area contributed by atoms with Crippen LogP contribution in [0, 0.1) is 29.1 Å². The molecule has 3 N–H and O–H groups in total. The molecule has 1 aromatic carbocycles. The predicted molar refractivity (Wildman–Crippen MR) is 180 cm³/mol. The van der Waals surface area contributed by atoms with E-state index in [1.165, 1.54) is 56.7 Å². The molecule has 2 saturated carbocycles. The quantitative estimate of drug-likeness (QED) is 0.371. The Labute approximate surface area is 274 Å². The number of piperidine rings is 1. The Morgan fingerprint density at radius 3 is 2.57 bits per heavy atom. The minimum Gasteiger partial charge on any atom is -0.508 e. The Kier molecular flexibility index (Phi) is 9.27. The largest absolute Gasteiger partial charge is 0.508 e. The monoisotopic (exact) mass is 630 g/mol. The number of carbonyl (C=O) groups is 1. The van der Waals surface area contributed by atoms with E-state index >= 15 is 0 Å². The van der Waals surface area contributed by atoms with Crippen molar-refractivity contribution < 1.29 is 15.0 Å². The highest BCUT2D eigenvalue weighted by atomic mass is 16.3. The number of anilines is 1. The maximum atomic E-state index is 13.0. The lowest BCUT2D eigenvalue weighted by Gasteiger charge is -2.53. The summed E-state index contributed by atoms with van der Waals surface area (Å²) in [7, 11) is 2.21. The molecule has 46 heavy (non-hydrogen) atoms. The SMILES string of the molecule is CN1CCN(CC2CCN(c3ccc(C(=O)NCCCC4Cc5cc(O)ccc5C5CCC6(C)C(O)CCC6C45)nn3)CC2)CC1. The van der Waals surface area contributed by atoms with Crippen molar-refractivity contribution in [2.45, 2.75) is 76.7 Å². The van der Waals surface area contributed by atoms with E-state index in [4.69, 9.17) is 0 Å². The molecule has 5 aliphatic rings. The van der Waals surface area contributed by atoms with E-state index in [0.717, 1.165) is 69.8 Å². The topological polar surface area (TPSA) is 105 Å². The van der Waals surface area contributed by atoms with Gasteiger partial charge in [0, 0.05) is 52.4 Å². The van der Waals surface area contributed by atoms with E-state index in [0.29, 0.717) is 41.7 Å². The van der Waals surface area contributed by atoms with Gasteiger partial charge in [-0.25, -0.2) is 0 Å². The van der Waals surface area contributed by atoms with Crippen LogP contribution in [0.5, 0.6) is 5.75 Å². The zero-order valence-electron chi connectivity index (χ0n) is 27.9. The summed E-state index contributed by atoms with van der Waals surface area (Å²) in [6.45, 7) is 10.8. The molecule has 250 valence electrons. The number of aromatic hydroxyl groups is 1. The number of aromatic nitrogens is 2. The molecule has 0 spiro atoms. The fraction of sp³-hybridized carbons (Fsp3) is 0.703. The molecule has 3 heterocycles. The molecule has 9 nitrogen and oxygen atoms in total. The maximum absolute atomic E-state index is 13.0. The number of hydrogen-bond donors (Lipinski definition) is 3. The minimum absolute atomic E-state index is 0.00734. The molecule has 1 amide bonds. The number of amides is 1. The fourth-order valence-corrected chi connectivity index (χ4v) is 10.0. The van der Waals surface area contributed by atoms with Gasteiger partial charge >= 0.3 is 0 Å². The van der Waals surface area contributed by atoms with Crippen molar-refractivity contribution >= 4 is 11.7 Å². The lowest BCUT2D eigenvalue weighted by Crippen LogP contribution is -2.47. The number of phenols is 1. The first-order valence-corrected chi connectivity index (χ1v) is 18.1. The number of rotatable bonds is 8. The van der Waals surface area contributed by atoms with Gasteiger partial charge in [-0.2, -0.15) is 0 Å². The molecular weight excluding hydrogens is 576 g/mol. The first kappa shape index (κ1) is 31.8. The molecule has 2 aromatic rings. The van der Waals surface area contributed by atoms with Crippen LogP contribution in [-0.2, 0) is 6.42 Å². The highest BCUT2D eigenvalue weighted by Gasteiger charge is 2.56. The van der Waals surface area contributed by atoms with Crippen molar-refractivity contribution in [1.29, 1.82) is 0 Å². The third-order valence-corrected chi connectivity index (χ3v) is 12.8. The number of carbonyl (C=O) groups excluding carboxylic acids is 1. The molecule has 4 fully saturated rings. The van der Waals surface area contributed by atoms with Gasteiger partial charge in [0.15, 0.2) is 11.5 Å². The highest BCUT2D eigenvalue weighted by Crippen LogP contribution is 2.62. The second kappa shape index (κ2) is 13.4. The summed E-state index contributed by atoms with van der Waals surface area (Å²) in [5.74, 6) is 3.83. The summed E-state index contributed by atoms with van der Waals surface area (Å²) in [5.41, 5.74) is 3.08. The van der Waals surface area contributed by atoms with Crippen molar-refractivity contribution in [2.75, 3.05) is 64.3 Å². The zero-order chi connectivity index (χ0) is 31.8. The Morgan fingerprint density at radius 1 is 1.00 bits per heavy atom. The van der Waals surface area contributed by atoms with Gasteiger partial charge in [-0.05, 0) is 135 Å². The van der Waals surface area contributed by atoms with Gasteiger partial charge < -0.3 is 30.2 Å². The van der Waals surface area contributed by atoms with Gasteiger partial charge in [0.2, 0.25) is 0 Å². The number of likely N-dealkylation sites (N-methyl/N-ethyl adjacent to an activating group) is 1. The van der Waals surface area contributed by atoms with Gasteiger partial charge in [0.05, 0.1) is 6.10 Å². The molecule has 0 radical (unpaired) electrons. The van der Waals surface area contributed by atoms with Crippen molar-refractivity contribution in [3.63, 3.8) is 0 Å². The fourth-order valence-electron chi connectivity index (χ4n) is 10.0. The number of phenolic OH excluding ortho intramolecular Hbond substituents is 1. The number of piperazine rings is 1. The number of nitrogens with zero attached hydrogens (tertiary/aromatic N) is 5. The predicted octanol–water partition coefficient (Wildman–Crippen LogP) is 4.30. The third kappa shape index (κ3) is 6.39. The lowest BCUT2D eigenvalue weighted by molar-refractivity contribution is -0.0395. The van der Waals surface area contributed by atoms with E-state index in [1.807, 2.05) is 24.3 Å². The molecule has 1 aromatic heterocycles. The van der Waals surface area contributed by atoms with E-state index in [2.05, 4.69) is 50.3 Å². The van der Waals surface area contributed by atoms with Crippen LogP contribution < -0.4 is 10.2 Å². The first-order chi connectivity index (χ1) is 22.3. The standard InChI is InChI=1S/C37H54N6O3/c1-37-14-11-30-29-6-5-28(44)23-27(29)22-26(35(30)31(37)7-9-33(37)45)4-3-15-38-36(46)32-8-10-34(40-39-32)43-16-12-25(13-17-43)24-42-20-18-41(2)19-21-42/h5-6,8,10,23,25-26,30-31,33,35,44-45H,3-4,7,9,11-22,24H2,1-2H3,(H,38,46). The normalized spacial score (nSPS) is 32.1. The van der Waals surface area contributed by atoms with Crippen LogP contribution >= 0.6 is 0 Å². The van der Waals surface area contributed by atoms with Crippen molar-refractivity contribution in [3.05, 3.63) is 47.2 Å². The second-order valence-corrected chi connectivity index (χ2v) is 15.5. The molecular formula is C37H54N6O3. The Hall–Kier alpha value is -2.75. The molecule has 2 aliphatic heterocycles. The molecule has 9 heteroatoms. The number of fused-ring (bicyclic) bond motifs is 5. The first-order valence-electron chi connectivity index (χ1n) is 18.1. The Balaban J connectivity index is 0.902. The van der Waals surface area contributed by atoms with Crippen molar-refractivity contribution in [3.8, 4) is 5.75 Å². The average Bonchev–Trinajstić information content (AvgIpc) is 3.37. The highest BCUT2D eigenvalue weighted by molar-refractivity contribution is 5.92. The van der Waals surface area contributed by atoms with E-state index in [-0.39, 0.29) is 17.4 Å². The summed E-state index contributed by atoms with van der Waals surface area (Å²) in [4.78, 5) is 20.3. The number of aliphatic hydroxyl groups is 1. The number of aliphatic hydroxyl groups excluding tert-OH is 1. The number of hydrogen-bond acceptors (Lipinski definition) is 8. The Morgan fingerprint density at radius 2 is 1.80 bits per heavy atom. The van der Waals surface area contributed by atoms with Gasteiger partial charge in [-0.1, -0.05) is 13.0 Å².